The van der Waals surface area contributed by atoms with Crippen LogP contribution in [-0.2, 0) is 0 Å². The van der Waals surface area contributed by atoms with Gasteiger partial charge < -0.3 is 5.32 Å². The Bertz CT molecular complexity index is 584. The minimum atomic E-state index is -0.827. The number of rotatable bonds is 4. The monoisotopic (exact) mass is 295 g/mol. The smallest absolute Gasteiger partial charge is 0.159 e. The quantitative estimate of drug-likeness (QED) is 0.834. The van der Waals surface area contributed by atoms with E-state index in [2.05, 4.69) is 5.32 Å². The summed E-state index contributed by atoms with van der Waals surface area (Å²) in [6.45, 7) is 3.93. The van der Waals surface area contributed by atoms with Crippen LogP contribution in [0.25, 0.3) is 0 Å². The van der Waals surface area contributed by atoms with Crippen LogP contribution in [0.15, 0.2) is 42.5 Å². The zero-order chi connectivity index (χ0) is 14.7. The van der Waals surface area contributed by atoms with Gasteiger partial charge in [-0.25, -0.2) is 8.78 Å². The predicted octanol–water partition coefficient (Wildman–Crippen LogP) is 5.03. The van der Waals surface area contributed by atoms with E-state index in [-0.39, 0.29) is 12.1 Å². The molecule has 0 aliphatic rings. The van der Waals surface area contributed by atoms with Crippen molar-refractivity contribution in [2.45, 2.75) is 25.9 Å². The Morgan fingerprint density at radius 3 is 2.00 bits per heavy atom. The topological polar surface area (TPSA) is 12.0 Å². The summed E-state index contributed by atoms with van der Waals surface area (Å²) < 4.78 is 26.1. The van der Waals surface area contributed by atoms with Gasteiger partial charge in [-0.15, -0.1) is 0 Å². The van der Waals surface area contributed by atoms with Crippen LogP contribution in [-0.4, -0.2) is 0 Å². The number of nitrogens with one attached hydrogen (secondary N) is 1. The van der Waals surface area contributed by atoms with Crippen LogP contribution in [0.1, 0.15) is 37.1 Å². The van der Waals surface area contributed by atoms with E-state index in [9.17, 15) is 8.78 Å². The highest BCUT2D eigenvalue weighted by Crippen LogP contribution is 2.22. The maximum atomic E-state index is 13.2. The number of benzene rings is 2. The Morgan fingerprint density at radius 1 is 0.850 bits per heavy atom. The van der Waals surface area contributed by atoms with E-state index in [1.165, 1.54) is 6.07 Å². The standard InChI is InChI=1S/C16H16ClF2N/c1-10(12-3-6-14(17)7-4-12)20-11(2)13-5-8-15(18)16(19)9-13/h3-11,20H,1-2H3/t10-,11?/m0/s1. The van der Waals surface area contributed by atoms with Crippen LogP contribution >= 0.6 is 11.6 Å². The summed E-state index contributed by atoms with van der Waals surface area (Å²) >= 11 is 5.85. The lowest BCUT2D eigenvalue weighted by molar-refractivity contribution is 0.480. The average molecular weight is 296 g/mol. The fourth-order valence-electron chi connectivity index (χ4n) is 2.10. The Hall–Kier alpha value is -1.45. The maximum Gasteiger partial charge on any atom is 0.159 e. The van der Waals surface area contributed by atoms with E-state index in [4.69, 9.17) is 11.6 Å². The van der Waals surface area contributed by atoms with Crippen molar-refractivity contribution in [3.05, 3.63) is 70.2 Å². The lowest BCUT2D eigenvalue weighted by atomic mass is 10.0. The van der Waals surface area contributed by atoms with E-state index < -0.39 is 11.6 Å². The Kier molecular flexibility index (Phi) is 4.73. The first-order valence-corrected chi connectivity index (χ1v) is 6.81. The summed E-state index contributed by atoms with van der Waals surface area (Å²) in [6, 6.07) is 11.5. The van der Waals surface area contributed by atoms with Crippen LogP contribution in [0.4, 0.5) is 8.78 Å². The van der Waals surface area contributed by atoms with Crippen molar-refractivity contribution in [1.29, 1.82) is 0 Å². The van der Waals surface area contributed by atoms with E-state index >= 15 is 0 Å². The first kappa shape index (κ1) is 14.9. The van der Waals surface area contributed by atoms with E-state index in [0.29, 0.717) is 10.6 Å². The van der Waals surface area contributed by atoms with Crippen LogP contribution in [0.5, 0.6) is 0 Å². The maximum absolute atomic E-state index is 13.2. The molecule has 0 saturated heterocycles. The SMILES string of the molecule is CC(N[C@@H](C)c1ccc(Cl)cc1)c1ccc(F)c(F)c1. The summed E-state index contributed by atoms with van der Waals surface area (Å²) in [6.07, 6.45) is 0. The van der Waals surface area contributed by atoms with Crippen molar-refractivity contribution < 1.29 is 8.78 Å². The minimum absolute atomic E-state index is 0.0791. The first-order chi connectivity index (χ1) is 9.47. The van der Waals surface area contributed by atoms with Gasteiger partial charge in [0.15, 0.2) is 11.6 Å². The lowest BCUT2D eigenvalue weighted by Gasteiger charge is -2.21. The Morgan fingerprint density at radius 2 is 1.40 bits per heavy atom. The molecule has 0 aliphatic carbocycles. The second-order valence-electron chi connectivity index (χ2n) is 4.84. The summed E-state index contributed by atoms with van der Waals surface area (Å²) in [5.74, 6) is -1.65. The minimum Gasteiger partial charge on any atom is -0.304 e. The fourth-order valence-corrected chi connectivity index (χ4v) is 2.23. The average Bonchev–Trinajstić information content (AvgIpc) is 2.42. The van der Waals surface area contributed by atoms with Crippen molar-refractivity contribution in [2.24, 2.45) is 0 Å². The summed E-state index contributed by atoms with van der Waals surface area (Å²) in [4.78, 5) is 0. The molecule has 0 bridgehead atoms. The van der Waals surface area contributed by atoms with Crippen LogP contribution in [0.2, 0.25) is 5.02 Å². The van der Waals surface area contributed by atoms with E-state index in [1.807, 2.05) is 38.1 Å². The highest BCUT2D eigenvalue weighted by atomic mass is 35.5. The van der Waals surface area contributed by atoms with Crippen molar-refractivity contribution in [3.63, 3.8) is 0 Å². The zero-order valence-electron chi connectivity index (χ0n) is 11.3. The van der Waals surface area contributed by atoms with Crippen molar-refractivity contribution in [1.82, 2.24) is 5.32 Å². The molecule has 0 radical (unpaired) electrons. The molecule has 0 aromatic heterocycles. The van der Waals surface area contributed by atoms with E-state index in [0.717, 1.165) is 11.6 Å². The third-order valence-corrected chi connectivity index (χ3v) is 3.57. The van der Waals surface area contributed by atoms with Gasteiger partial charge >= 0.3 is 0 Å². The van der Waals surface area contributed by atoms with Gasteiger partial charge in [-0.2, -0.15) is 0 Å². The van der Waals surface area contributed by atoms with Gasteiger partial charge in [0.05, 0.1) is 0 Å². The van der Waals surface area contributed by atoms with Gasteiger partial charge in [-0.3, -0.25) is 0 Å². The Labute approximate surface area is 122 Å². The summed E-state index contributed by atoms with van der Waals surface area (Å²) in [7, 11) is 0. The normalized spacial score (nSPS) is 14.1. The van der Waals surface area contributed by atoms with Gasteiger partial charge in [0.2, 0.25) is 0 Å². The zero-order valence-corrected chi connectivity index (χ0v) is 12.1. The molecule has 2 aromatic rings. The number of halogens is 3. The molecule has 0 heterocycles. The molecule has 0 fully saturated rings. The second kappa shape index (κ2) is 6.33. The van der Waals surface area contributed by atoms with Gasteiger partial charge in [0.25, 0.3) is 0 Å². The van der Waals surface area contributed by atoms with Crippen LogP contribution < -0.4 is 5.32 Å². The molecular formula is C16H16ClF2N. The highest BCUT2D eigenvalue weighted by Gasteiger charge is 2.13. The highest BCUT2D eigenvalue weighted by molar-refractivity contribution is 6.30. The molecule has 4 heteroatoms. The largest absolute Gasteiger partial charge is 0.304 e. The summed E-state index contributed by atoms with van der Waals surface area (Å²) in [5, 5.41) is 4.04. The molecule has 20 heavy (non-hydrogen) atoms. The van der Waals surface area contributed by atoms with Crippen LogP contribution in [0, 0.1) is 11.6 Å². The van der Waals surface area contributed by atoms with Gasteiger partial charge in [-0.1, -0.05) is 29.8 Å². The molecule has 106 valence electrons. The fraction of sp³-hybridized carbons (Fsp3) is 0.250. The van der Waals surface area contributed by atoms with Gasteiger partial charge in [0, 0.05) is 17.1 Å². The molecule has 2 atom stereocenters. The molecule has 1 unspecified atom stereocenters. The number of hydrogen-bond acceptors (Lipinski definition) is 1. The molecule has 0 saturated carbocycles. The van der Waals surface area contributed by atoms with Crippen molar-refractivity contribution in [3.8, 4) is 0 Å². The first-order valence-electron chi connectivity index (χ1n) is 6.44. The molecular weight excluding hydrogens is 280 g/mol. The molecule has 1 nitrogen and oxygen atoms in total. The molecule has 2 rings (SSSR count). The predicted molar refractivity (Wildman–Crippen MR) is 77.8 cm³/mol. The lowest BCUT2D eigenvalue weighted by Crippen LogP contribution is -2.22. The molecule has 2 aromatic carbocycles. The van der Waals surface area contributed by atoms with Gasteiger partial charge in [-0.05, 0) is 49.2 Å². The van der Waals surface area contributed by atoms with E-state index in [1.54, 1.807) is 6.07 Å². The summed E-state index contributed by atoms with van der Waals surface area (Å²) in [5.41, 5.74) is 1.80. The second-order valence-corrected chi connectivity index (χ2v) is 5.27. The molecule has 0 amide bonds. The number of hydrogen-bond donors (Lipinski definition) is 1. The van der Waals surface area contributed by atoms with Crippen LogP contribution in [0.3, 0.4) is 0 Å². The Balaban J connectivity index is 2.08. The molecule has 1 N–H and O–H groups in total. The third kappa shape index (κ3) is 3.56. The molecule has 0 spiro atoms. The molecule has 0 aliphatic heterocycles. The third-order valence-electron chi connectivity index (χ3n) is 3.31. The van der Waals surface area contributed by atoms with Crippen molar-refractivity contribution in [2.75, 3.05) is 0 Å². The van der Waals surface area contributed by atoms with Gasteiger partial charge in [0.1, 0.15) is 0 Å². The van der Waals surface area contributed by atoms with Crippen molar-refractivity contribution >= 4 is 11.6 Å².